The van der Waals surface area contributed by atoms with Crippen LogP contribution < -0.4 is 4.31 Å². The Morgan fingerprint density at radius 1 is 1.08 bits per heavy atom. The molecule has 0 N–H and O–H groups in total. The highest BCUT2D eigenvalue weighted by Gasteiger charge is 2.43. The van der Waals surface area contributed by atoms with Crippen LogP contribution in [0.2, 0.25) is 0 Å². The van der Waals surface area contributed by atoms with Crippen molar-refractivity contribution >= 4 is 15.7 Å². The molecule has 1 atom stereocenters. The number of nitrogens with zero attached hydrogens (tertiary/aromatic N) is 1. The minimum Gasteiger partial charge on any atom is -0.264 e. The largest absolute Gasteiger partial charge is 0.264 e. The first kappa shape index (κ1) is 18.0. The second-order valence-corrected chi connectivity index (χ2v) is 9.74. The van der Waals surface area contributed by atoms with Crippen molar-refractivity contribution in [3.05, 3.63) is 64.7 Å². The highest BCUT2D eigenvalue weighted by atomic mass is 32.2. The minimum atomic E-state index is -3.48. The highest BCUT2D eigenvalue weighted by molar-refractivity contribution is 7.92. The Morgan fingerprint density at radius 2 is 1.68 bits per heavy atom. The first-order valence-corrected chi connectivity index (χ1v) is 10.4. The summed E-state index contributed by atoms with van der Waals surface area (Å²) in [5.74, 6) is 0.366. The minimum absolute atomic E-state index is 0.0258. The predicted octanol–water partition coefficient (Wildman–Crippen LogP) is 4.93. The summed E-state index contributed by atoms with van der Waals surface area (Å²) in [5.41, 5.74) is 4.71. The van der Waals surface area contributed by atoms with Crippen molar-refractivity contribution in [3.8, 4) is 0 Å². The molecule has 134 valence electrons. The van der Waals surface area contributed by atoms with Crippen LogP contribution in [0.5, 0.6) is 0 Å². The average molecular weight is 358 g/mol. The fraction of sp³-hybridized carbons (Fsp3) is 0.429. The number of rotatable bonds is 3. The third-order valence-electron chi connectivity index (χ3n) is 5.22. The summed E-state index contributed by atoms with van der Waals surface area (Å²) < 4.78 is 28.4. The zero-order valence-electron chi connectivity index (χ0n) is 15.7. The lowest BCUT2D eigenvalue weighted by Crippen LogP contribution is -2.52. The van der Waals surface area contributed by atoms with Crippen molar-refractivity contribution in [3.63, 3.8) is 0 Å². The summed E-state index contributed by atoms with van der Waals surface area (Å²) in [7, 11) is -3.48. The van der Waals surface area contributed by atoms with E-state index in [0.29, 0.717) is 5.92 Å². The van der Waals surface area contributed by atoms with Crippen LogP contribution in [-0.2, 0) is 15.8 Å². The van der Waals surface area contributed by atoms with Crippen LogP contribution in [0.4, 0.5) is 5.69 Å². The quantitative estimate of drug-likeness (QED) is 0.781. The summed E-state index contributed by atoms with van der Waals surface area (Å²) in [6.45, 7) is 10.4. The van der Waals surface area contributed by atoms with Crippen LogP contribution in [0.1, 0.15) is 55.4 Å². The number of hydrogen-bond acceptors (Lipinski definition) is 2. The Bertz CT molecular complexity index is 886. The van der Waals surface area contributed by atoms with Gasteiger partial charge in [0.05, 0.1) is 17.0 Å². The molecule has 3 rings (SSSR count). The van der Waals surface area contributed by atoms with Crippen LogP contribution in [-0.4, -0.2) is 14.0 Å². The van der Waals surface area contributed by atoms with Gasteiger partial charge in [-0.15, -0.1) is 0 Å². The molecule has 1 unspecified atom stereocenters. The lowest BCUT2D eigenvalue weighted by atomic mass is 9.81. The van der Waals surface area contributed by atoms with Crippen molar-refractivity contribution in [2.24, 2.45) is 0 Å². The molecule has 2 aromatic carbocycles. The maximum absolute atomic E-state index is 13.4. The van der Waals surface area contributed by atoms with E-state index in [1.807, 2.05) is 57.2 Å². The Morgan fingerprint density at radius 3 is 2.32 bits per heavy atom. The molecule has 0 saturated heterocycles. The molecule has 3 nitrogen and oxygen atoms in total. The van der Waals surface area contributed by atoms with Gasteiger partial charge in [0, 0.05) is 0 Å². The summed E-state index contributed by atoms with van der Waals surface area (Å²) in [6.07, 6.45) is 0.816. The molecule has 1 heterocycles. The lowest BCUT2D eigenvalue weighted by Gasteiger charge is -2.46. The van der Waals surface area contributed by atoms with Gasteiger partial charge in [-0.05, 0) is 68.4 Å². The van der Waals surface area contributed by atoms with E-state index in [1.54, 1.807) is 4.31 Å². The van der Waals surface area contributed by atoms with Gasteiger partial charge in [0.15, 0.2) is 0 Å². The molecule has 25 heavy (non-hydrogen) atoms. The van der Waals surface area contributed by atoms with Crippen molar-refractivity contribution in [1.82, 2.24) is 0 Å². The van der Waals surface area contributed by atoms with Crippen molar-refractivity contribution in [2.45, 2.75) is 58.2 Å². The van der Waals surface area contributed by atoms with Gasteiger partial charge in [-0.2, -0.15) is 0 Å². The van der Waals surface area contributed by atoms with Crippen LogP contribution >= 0.6 is 0 Å². The van der Waals surface area contributed by atoms with Crippen molar-refractivity contribution in [1.29, 1.82) is 0 Å². The van der Waals surface area contributed by atoms with E-state index in [4.69, 9.17) is 0 Å². The van der Waals surface area contributed by atoms with Gasteiger partial charge < -0.3 is 0 Å². The van der Waals surface area contributed by atoms with Crippen LogP contribution in [0.3, 0.4) is 0 Å². The summed E-state index contributed by atoms with van der Waals surface area (Å²) in [6, 6.07) is 13.6. The predicted molar refractivity (Wildman–Crippen MR) is 105 cm³/mol. The smallest absolute Gasteiger partial charge is 0.239 e. The zero-order chi connectivity index (χ0) is 18.4. The SMILES string of the molecule is Cc1cc2c(cc1C)N(S(=O)(=O)Cc1ccccc1)C(C)(C)CC2C. The number of hydrogen-bond donors (Lipinski definition) is 0. The molecule has 0 fully saturated rings. The van der Waals surface area contributed by atoms with E-state index >= 15 is 0 Å². The molecular formula is C21H27NO2S. The monoisotopic (exact) mass is 357 g/mol. The second-order valence-electron chi connectivity index (χ2n) is 7.92. The van der Waals surface area contributed by atoms with E-state index in [9.17, 15) is 8.42 Å². The number of fused-ring (bicyclic) bond motifs is 1. The zero-order valence-corrected chi connectivity index (χ0v) is 16.5. The Balaban J connectivity index is 2.13. The van der Waals surface area contributed by atoms with Gasteiger partial charge >= 0.3 is 0 Å². The normalized spacial score (nSPS) is 19.6. The second kappa shape index (κ2) is 6.17. The highest BCUT2D eigenvalue weighted by Crippen LogP contribution is 2.46. The van der Waals surface area contributed by atoms with Crippen molar-refractivity contribution < 1.29 is 8.42 Å². The van der Waals surface area contributed by atoms with E-state index in [2.05, 4.69) is 19.9 Å². The van der Waals surface area contributed by atoms with Crippen molar-refractivity contribution in [2.75, 3.05) is 4.31 Å². The molecule has 2 aromatic rings. The number of anilines is 1. The fourth-order valence-electron chi connectivity index (χ4n) is 4.04. The van der Waals surface area contributed by atoms with Crippen LogP contribution in [0.25, 0.3) is 0 Å². The first-order valence-electron chi connectivity index (χ1n) is 8.80. The van der Waals surface area contributed by atoms with E-state index in [1.165, 1.54) is 5.56 Å². The van der Waals surface area contributed by atoms with Crippen LogP contribution in [0, 0.1) is 13.8 Å². The topological polar surface area (TPSA) is 37.4 Å². The number of sulfonamides is 1. The molecule has 0 aliphatic carbocycles. The molecule has 0 saturated carbocycles. The van der Waals surface area contributed by atoms with Gasteiger partial charge in [-0.1, -0.05) is 43.3 Å². The van der Waals surface area contributed by atoms with Gasteiger partial charge in [0.1, 0.15) is 0 Å². The third-order valence-corrected chi connectivity index (χ3v) is 7.16. The number of aryl methyl sites for hydroxylation is 2. The number of benzene rings is 2. The summed E-state index contributed by atoms with van der Waals surface area (Å²) in [4.78, 5) is 0. The van der Waals surface area contributed by atoms with E-state index in [-0.39, 0.29) is 5.75 Å². The molecule has 0 radical (unpaired) electrons. The average Bonchev–Trinajstić information content (AvgIpc) is 2.49. The molecule has 0 spiro atoms. The van der Waals surface area contributed by atoms with E-state index < -0.39 is 15.6 Å². The molecule has 1 aliphatic heterocycles. The molecule has 0 aromatic heterocycles. The Kier molecular flexibility index (Phi) is 4.44. The maximum Gasteiger partial charge on any atom is 0.239 e. The summed E-state index contributed by atoms with van der Waals surface area (Å²) in [5, 5.41) is 0. The third kappa shape index (κ3) is 3.32. The summed E-state index contributed by atoms with van der Waals surface area (Å²) >= 11 is 0. The van der Waals surface area contributed by atoms with Gasteiger partial charge in [0.2, 0.25) is 10.0 Å². The van der Waals surface area contributed by atoms with Crippen LogP contribution in [0.15, 0.2) is 42.5 Å². The Hall–Kier alpha value is -1.81. The Labute approximate surface area is 151 Å². The fourth-order valence-corrected chi connectivity index (χ4v) is 6.07. The van der Waals surface area contributed by atoms with Gasteiger partial charge in [-0.25, -0.2) is 8.42 Å². The molecule has 4 heteroatoms. The standard InChI is InChI=1S/C21H27NO2S/c1-15-11-19-17(3)13-21(4,5)22(20(19)12-16(15)2)25(23,24)14-18-9-7-6-8-10-18/h6-12,17H,13-14H2,1-5H3. The lowest BCUT2D eigenvalue weighted by molar-refractivity contribution is 0.413. The first-order chi connectivity index (χ1) is 11.6. The molecule has 0 bridgehead atoms. The molecular weight excluding hydrogens is 330 g/mol. The van der Waals surface area contributed by atoms with Gasteiger partial charge in [-0.3, -0.25) is 4.31 Å². The van der Waals surface area contributed by atoms with E-state index in [0.717, 1.165) is 28.8 Å². The maximum atomic E-state index is 13.4. The molecule has 0 amide bonds. The van der Waals surface area contributed by atoms with Gasteiger partial charge in [0.25, 0.3) is 0 Å². The molecule has 1 aliphatic rings.